The highest BCUT2D eigenvalue weighted by Gasteiger charge is 2.59. The predicted octanol–water partition coefficient (Wildman–Crippen LogP) is 3.72. The van der Waals surface area contributed by atoms with Gasteiger partial charge in [0.1, 0.15) is 0 Å². The molecule has 0 bridgehead atoms. The molecule has 2 N–H and O–H groups in total. The Morgan fingerprint density at radius 3 is 2.69 bits per heavy atom. The molecule has 1 heterocycles. The zero-order valence-electron chi connectivity index (χ0n) is 16.0. The van der Waals surface area contributed by atoms with Gasteiger partial charge in [0.2, 0.25) is 0 Å². The van der Waals surface area contributed by atoms with Gasteiger partial charge in [-0.2, -0.15) is 13.2 Å². The lowest BCUT2D eigenvalue weighted by Gasteiger charge is -2.55. The molecule has 0 aromatic heterocycles. The second-order valence-electron chi connectivity index (χ2n) is 8.68. The average molecular weight is 375 g/mol. The Kier molecular flexibility index (Phi) is 5.75. The van der Waals surface area contributed by atoms with Gasteiger partial charge in [-0.1, -0.05) is 20.3 Å². The van der Waals surface area contributed by atoms with Gasteiger partial charge in [-0.15, -0.1) is 0 Å². The van der Waals surface area contributed by atoms with Gasteiger partial charge in [-0.3, -0.25) is 4.99 Å². The summed E-state index contributed by atoms with van der Waals surface area (Å²) < 4.78 is 44.8. The SMILES string of the molecule is CCNC(=NCC1CCCC(C(F)(F)F)C1)NC1C2CCOC2C1(C)C. The molecule has 5 atom stereocenters. The van der Waals surface area contributed by atoms with Crippen LogP contribution in [0.15, 0.2) is 4.99 Å². The number of hydrogen-bond acceptors (Lipinski definition) is 2. The fourth-order valence-electron chi connectivity index (χ4n) is 5.06. The quantitative estimate of drug-likeness (QED) is 0.581. The molecule has 1 saturated heterocycles. The third kappa shape index (κ3) is 3.97. The number of aliphatic imine (C=N–C) groups is 1. The van der Waals surface area contributed by atoms with E-state index in [-0.39, 0.29) is 24.2 Å². The van der Waals surface area contributed by atoms with E-state index in [0.29, 0.717) is 31.0 Å². The first-order valence-electron chi connectivity index (χ1n) is 9.96. The molecule has 2 saturated carbocycles. The molecule has 26 heavy (non-hydrogen) atoms. The van der Waals surface area contributed by atoms with Crippen molar-refractivity contribution in [3.8, 4) is 0 Å². The topological polar surface area (TPSA) is 45.7 Å². The van der Waals surface area contributed by atoms with Crippen molar-refractivity contribution < 1.29 is 17.9 Å². The Morgan fingerprint density at radius 2 is 2.00 bits per heavy atom. The predicted molar refractivity (Wildman–Crippen MR) is 96.0 cm³/mol. The van der Waals surface area contributed by atoms with Crippen LogP contribution in [-0.4, -0.2) is 44.0 Å². The van der Waals surface area contributed by atoms with Crippen LogP contribution in [0.5, 0.6) is 0 Å². The van der Waals surface area contributed by atoms with Crippen molar-refractivity contribution in [1.29, 1.82) is 0 Å². The summed E-state index contributed by atoms with van der Waals surface area (Å²) in [5.74, 6) is 0.0833. The minimum atomic E-state index is -4.07. The summed E-state index contributed by atoms with van der Waals surface area (Å²) in [6.45, 7) is 8.42. The molecule has 3 fully saturated rings. The van der Waals surface area contributed by atoms with Crippen molar-refractivity contribution in [2.45, 2.75) is 71.2 Å². The molecule has 2 aliphatic carbocycles. The molecule has 0 amide bonds. The zero-order chi connectivity index (χ0) is 18.9. The Balaban J connectivity index is 1.59. The van der Waals surface area contributed by atoms with E-state index >= 15 is 0 Å². The Morgan fingerprint density at radius 1 is 1.23 bits per heavy atom. The number of halogens is 3. The first-order valence-corrected chi connectivity index (χ1v) is 9.96. The van der Waals surface area contributed by atoms with Crippen LogP contribution in [0.3, 0.4) is 0 Å². The summed E-state index contributed by atoms with van der Waals surface area (Å²) in [5, 5.41) is 6.79. The number of alkyl halides is 3. The number of guanidine groups is 1. The standard InChI is InChI=1S/C19H32F3N3O/c1-4-23-17(25-15-14-8-9-26-16(14)18(15,2)3)24-11-12-6-5-7-13(10-12)19(20,21)22/h12-16H,4-11H2,1-3H3,(H2,23,24,25). The summed E-state index contributed by atoms with van der Waals surface area (Å²) in [4.78, 5) is 4.64. The number of rotatable bonds is 4. The summed E-state index contributed by atoms with van der Waals surface area (Å²) in [6, 6.07) is 0.294. The maximum atomic E-state index is 13.0. The number of hydrogen-bond donors (Lipinski definition) is 2. The number of nitrogens with one attached hydrogen (secondary N) is 2. The molecule has 5 unspecified atom stereocenters. The van der Waals surface area contributed by atoms with Crippen molar-refractivity contribution in [3.05, 3.63) is 0 Å². The third-order valence-corrected chi connectivity index (χ3v) is 6.49. The van der Waals surface area contributed by atoms with Gasteiger partial charge in [-0.25, -0.2) is 0 Å². The second kappa shape index (κ2) is 7.56. The first kappa shape index (κ1) is 19.8. The van der Waals surface area contributed by atoms with E-state index in [9.17, 15) is 13.2 Å². The summed E-state index contributed by atoms with van der Waals surface area (Å²) in [5.41, 5.74) is 0.0452. The highest BCUT2D eigenvalue weighted by molar-refractivity contribution is 5.80. The molecule has 7 heteroatoms. The Hall–Kier alpha value is -0.980. The van der Waals surface area contributed by atoms with Crippen LogP contribution in [0.2, 0.25) is 0 Å². The van der Waals surface area contributed by atoms with Crippen LogP contribution in [0.4, 0.5) is 13.2 Å². The van der Waals surface area contributed by atoms with Crippen LogP contribution < -0.4 is 10.6 Å². The molecule has 0 aromatic rings. The highest BCUT2D eigenvalue weighted by Crippen LogP contribution is 2.52. The van der Waals surface area contributed by atoms with Gasteiger partial charge < -0.3 is 15.4 Å². The maximum Gasteiger partial charge on any atom is 0.391 e. The van der Waals surface area contributed by atoms with Crippen LogP contribution in [0, 0.1) is 23.2 Å². The van der Waals surface area contributed by atoms with Gasteiger partial charge in [0.15, 0.2) is 5.96 Å². The van der Waals surface area contributed by atoms with E-state index in [2.05, 4.69) is 29.5 Å². The molecule has 0 radical (unpaired) electrons. The van der Waals surface area contributed by atoms with Crippen molar-refractivity contribution in [3.63, 3.8) is 0 Å². The van der Waals surface area contributed by atoms with Crippen LogP contribution in [0.1, 0.15) is 52.9 Å². The normalized spacial score (nSPS) is 37.0. The van der Waals surface area contributed by atoms with E-state index in [4.69, 9.17) is 4.74 Å². The minimum absolute atomic E-state index is 0.0165. The largest absolute Gasteiger partial charge is 0.391 e. The molecule has 3 rings (SSSR count). The minimum Gasteiger partial charge on any atom is -0.377 e. The molecule has 1 aliphatic heterocycles. The monoisotopic (exact) mass is 375 g/mol. The number of nitrogens with zero attached hydrogens (tertiary/aromatic N) is 1. The molecule has 150 valence electrons. The van der Waals surface area contributed by atoms with E-state index in [1.54, 1.807) is 0 Å². The van der Waals surface area contributed by atoms with E-state index in [0.717, 1.165) is 32.0 Å². The van der Waals surface area contributed by atoms with E-state index in [1.165, 1.54) is 0 Å². The lowest BCUT2D eigenvalue weighted by atomic mass is 9.57. The Labute approximate surface area is 154 Å². The summed E-state index contributed by atoms with van der Waals surface area (Å²) in [6.07, 6.45) is -0.761. The average Bonchev–Trinajstić information content (AvgIpc) is 3.04. The fraction of sp³-hybridized carbons (Fsp3) is 0.947. The third-order valence-electron chi connectivity index (χ3n) is 6.49. The zero-order valence-corrected chi connectivity index (χ0v) is 16.0. The second-order valence-corrected chi connectivity index (χ2v) is 8.68. The molecule has 0 spiro atoms. The van der Waals surface area contributed by atoms with Crippen molar-refractivity contribution in [2.24, 2.45) is 28.2 Å². The summed E-state index contributed by atoms with van der Waals surface area (Å²) >= 11 is 0. The lowest BCUT2D eigenvalue weighted by molar-refractivity contribution is -0.185. The lowest BCUT2D eigenvalue weighted by Crippen LogP contribution is -2.68. The van der Waals surface area contributed by atoms with Crippen LogP contribution >= 0.6 is 0 Å². The van der Waals surface area contributed by atoms with Gasteiger partial charge in [-0.05, 0) is 38.5 Å². The van der Waals surface area contributed by atoms with Gasteiger partial charge >= 0.3 is 6.18 Å². The number of ether oxygens (including phenoxy) is 1. The fourth-order valence-corrected chi connectivity index (χ4v) is 5.06. The molecule has 4 nitrogen and oxygen atoms in total. The van der Waals surface area contributed by atoms with Crippen LogP contribution in [-0.2, 0) is 4.74 Å². The Bertz CT molecular complexity index is 521. The van der Waals surface area contributed by atoms with E-state index < -0.39 is 12.1 Å². The maximum absolute atomic E-state index is 13.0. The smallest absolute Gasteiger partial charge is 0.377 e. The number of fused-ring (bicyclic) bond motifs is 1. The molecular weight excluding hydrogens is 343 g/mol. The van der Waals surface area contributed by atoms with Gasteiger partial charge in [0.25, 0.3) is 0 Å². The highest BCUT2D eigenvalue weighted by atomic mass is 19.4. The molecule has 3 aliphatic rings. The van der Waals surface area contributed by atoms with Crippen molar-refractivity contribution in [1.82, 2.24) is 10.6 Å². The van der Waals surface area contributed by atoms with E-state index in [1.807, 2.05) is 6.92 Å². The van der Waals surface area contributed by atoms with Gasteiger partial charge in [0, 0.05) is 37.1 Å². The van der Waals surface area contributed by atoms with Crippen molar-refractivity contribution >= 4 is 5.96 Å². The molecule has 0 aromatic carbocycles. The van der Waals surface area contributed by atoms with Gasteiger partial charge in [0.05, 0.1) is 12.0 Å². The summed E-state index contributed by atoms with van der Waals surface area (Å²) in [7, 11) is 0. The van der Waals surface area contributed by atoms with Crippen LogP contribution in [0.25, 0.3) is 0 Å². The molecular formula is C19H32F3N3O. The van der Waals surface area contributed by atoms with Crippen molar-refractivity contribution in [2.75, 3.05) is 19.7 Å². The first-order chi connectivity index (χ1) is 12.2.